The molecule has 13 heavy (non-hydrogen) atoms. The minimum absolute atomic E-state index is 0.254. The molecular weight excluding hydrogens is 169 g/mol. The van der Waals surface area contributed by atoms with Crippen LogP contribution < -0.4 is 11.5 Å². The van der Waals surface area contributed by atoms with Gasteiger partial charge >= 0.3 is 0 Å². The van der Waals surface area contributed by atoms with Crippen LogP contribution in [0.5, 0.6) is 0 Å². The highest BCUT2D eigenvalue weighted by Crippen LogP contribution is 2.07. The fourth-order valence-corrected chi connectivity index (χ4v) is 0.778. The van der Waals surface area contributed by atoms with Gasteiger partial charge in [-0.2, -0.15) is 0 Å². The Labute approximate surface area is 76.0 Å². The fraction of sp³-hybridized carbons (Fsp3) is 0.222. The molecule has 1 rings (SSSR count). The van der Waals surface area contributed by atoms with Crippen molar-refractivity contribution in [2.45, 2.75) is 6.42 Å². The van der Waals surface area contributed by atoms with Crippen LogP contribution in [0.2, 0.25) is 0 Å². The van der Waals surface area contributed by atoms with Gasteiger partial charge in [-0.05, 0) is 5.92 Å². The van der Waals surface area contributed by atoms with E-state index in [9.17, 15) is 4.39 Å². The van der Waals surface area contributed by atoms with Crippen molar-refractivity contribution in [3.8, 4) is 11.8 Å². The van der Waals surface area contributed by atoms with Gasteiger partial charge in [-0.3, -0.25) is 0 Å². The maximum atomic E-state index is 12.5. The average molecular weight is 179 g/mol. The van der Waals surface area contributed by atoms with Crippen molar-refractivity contribution in [2.24, 2.45) is 5.73 Å². The molecule has 0 atom stereocenters. The summed E-state index contributed by atoms with van der Waals surface area (Å²) in [5.41, 5.74) is 11.4. The van der Waals surface area contributed by atoms with E-state index in [2.05, 4.69) is 16.8 Å². The van der Waals surface area contributed by atoms with Crippen LogP contribution in [0.1, 0.15) is 12.1 Å². The maximum absolute atomic E-state index is 12.5. The van der Waals surface area contributed by atoms with Gasteiger partial charge in [0.25, 0.3) is 0 Å². The number of rotatable bonds is 1. The second-order valence-electron chi connectivity index (χ2n) is 2.43. The van der Waals surface area contributed by atoms with Gasteiger partial charge in [0.05, 0.1) is 11.9 Å². The number of aromatic nitrogens is 1. The first-order chi connectivity index (χ1) is 6.24. The maximum Gasteiger partial charge on any atom is 0.143 e. The zero-order valence-corrected chi connectivity index (χ0v) is 7.05. The van der Waals surface area contributed by atoms with Gasteiger partial charge in [-0.1, -0.05) is 5.92 Å². The van der Waals surface area contributed by atoms with Crippen LogP contribution in [-0.4, -0.2) is 11.5 Å². The minimum atomic E-state index is -0.457. The van der Waals surface area contributed by atoms with Crippen molar-refractivity contribution >= 4 is 5.69 Å². The van der Waals surface area contributed by atoms with Crippen LogP contribution in [-0.2, 0) is 0 Å². The van der Waals surface area contributed by atoms with E-state index in [-0.39, 0.29) is 5.69 Å². The predicted molar refractivity (Wildman–Crippen MR) is 49.2 cm³/mol. The smallest absolute Gasteiger partial charge is 0.143 e. The first kappa shape index (κ1) is 9.49. The van der Waals surface area contributed by atoms with Gasteiger partial charge in [0.1, 0.15) is 11.5 Å². The number of nitrogen functional groups attached to an aromatic ring is 1. The Kier molecular flexibility index (Phi) is 3.23. The van der Waals surface area contributed by atoms with Gasteiger partial charge in [-0.25, -0.2) is 9.37 Å². The third-order valence-electron chi connectivity index (χ3n) is 1.36. The average Bonchev–Trinajstić information content (AvgIpc) is 2.09. The lowest BCUT2D eigenvalue weighted by Gasteiger charge is -1.95. The Morgan fingerprint density at radius 3 is 2.92 bits per heavy atom. The summed E-state index contributed by atoms with van der Waals surface area (Å²) >= 11 is 0. The van der Waals surface area contributed by atoms with Crippen LogP contribution in [0.3, 0.4) is 0 Å². The molecule has 0 bridgehead atoms. The van der Waals surface area contributed by atoms with Crippen molar-refractivity contribution < 1.29 is 4.39 Å². The van der Waals surface area contributed by atoms with E-state index in [1.54, 1.807) is 0 Å². The van der Waals surface area contributed by atoms with E-state index >= 15 is 0 Å². The summed E-state index contributed by atoms with van der Waals surface area (Å²) in [6.45, 7) is 0.494. The van der Waals surface area contributed by atoms with Crippen LogP contribution in [0.25, 0.3) is 0 Å². The van der Waals surface area contributed by atoms with Gasteiger partial charge in [0.2, 0.25) is 0 Å². The number of pyridine rings is 1. The molecule has 4 N–H and O–H groups in total. The lowest BCUT2D eigenvalue weighted by atomic mass is 10.3. The highest BCUT2D eigenvalue weighted by Gasteiger charge is 1.97. The summed E-state index contributed by atoms with van der Waals surface area (Å²) in [7, 11) is 0. The zero-order chi connectivity index (χ0) is 9.68. The number of nitrogens with zero attached hydrogens (tertiary/aromatic N) is 1. The summed E-state index contributed by atoms with van der Waals surface area (Å²) in [5.74, 6) is 5.02. The van der Waals surface area contributed by atoms with E-state index in [0.29, 0.717) is 18.7 Å². The summed E-state index contributed by atoms with van der Waals surface area (Å²) in [4.78, 5) is 3.74. The largest absolute Gasteiger partial charge is 0.396 e. The Hall–Kier alpha value is -1.60. The molecule has 0 saturated heterocycles. The molecule has 0 saturated carbocycles. The number of halogens is 1. The molecule has 68 valence electrons. The van der Waals surface area contributed by atoms with Crippen molar-refractivity contribution in [1.82, 2.24) is 4.98 Å². The summed E-state index contributed by atoms with van der Waals surface area (Å²) in [5, 5.41) is 0. The van der Waals surface area contributed by atoms with Crippen molar-refractivity contribution in [3.63, 3.8) is 0 Å². The minimum Gasteiger partial charge on any atom is -0.396 e. The van der Waals surface area contributed by atoms with Gasteiger partial charge in [-0.15, -0.1) is 0 Å². The second-order valence-corrected chi connectivity index (χ2v) is 2.43. The molecule has 0 unspecified atom stereocenters. The van der Waals surface area contributed by atoms with E-state index in [0.717, 1.165) is 6.20 Å². The molecule has 0 aliphatic heterocycles. The van der Waals surface area contributed by atoms with E-state index in [1.807, 2.05) is 0 Å². The molecule has 4 heteroatoms. The molecule has 1 heterocycles. The Morgan fingerprint density at radius 1 is 1.54 bits per heavy atom. The van der Waals surface area contributed by atoms with Gasteiger partial charge < -0.3 is 11.5 Å². The summed E-state index contributed by atoms with van der Waals surface area (Å²) < 4.78 is 12.5. The topological polar surface area (TPSA) is 64.9 Å². The molecule has 1 aromatic heterocycles. The molecule has 0 radical (unpaired) electrons. The summed E-state index contributed by atoms with van der Waals surface area (Å²) in [6, 6.07) is 1.19. The van der Waals surface area contributed by atoms with Crippen molar-refractivity contribution in [3.05, 3.63) is 23.8 Å². The molecule has 0 aromatic carbocycles. The monoisotopic (exact) mass is 179 g/mol. The second kappa shape index (κ2) is 4.43. The molecule has 1 aromatic rings. The fourth-order valence-electron chi connectivity index (χ4n) is 0.778. The SMILES string of the molecule is NCCC#Cc1ncc(F)cc1N. The number of hydrogen-bond donors (Lipinski definition) is 2. The lowest BCUT2D eigenvalue weighted by molar-refractivity contribution is 0.622. The number of hydrogen-bond acceptors (Lipinski definition) is 3. The van der Waals surface area contributed by atoms with E-state index in [1.165, 1.54) is 6.07 Å². The van der Waals surface area contributed by atoms with E-state index in [4.69, 9.17) is 11.5 Å². The summed E-state index contributed by atoms with van der Waals surface area (Å²) in [6.07, 6.45) is 1.67. The van der Waals surface area contributed by atoms with Gasteiger partial charge in [0, 0.05) is 19.0 Å². The Bertz CT molecular complexity index is 352. The standard InChI is InChI=1S/C9H10FN3/c10-7-5-8(12)9(13-6-7)3-1-2-4-11/h5-6H,2,4,11-12H2. The van der Waals surface area contributed by atoms with Crippen LogP contribution in [0.15, 0.2) is 12.3 Å². The highest BCUT2D eigenvalue weighted by molar-refractivity contribution is 5.51. The molecule has 0 aliphatic rings. The third kappa shape index (κ3) is 2.73. The molecule has 0 amide bonds. The first-order valence-corrected chi connectivity index (χ1v) is 3.84. The number of anilines is 1. The van der Waals surface area contributed by atoms with E-state index < -0.39 is 5.82 Å². The lowest BCUT2D eigenvalue weighted by Crippen LogP contribution is -1.97. The molecule has 3 nitrogen and oxygen atoms in total. The highest BCUT2D eigenvalue weighted by atomic mass is 19.1. The quantitative estimate of drug-likeness (QED) is 0.617. The molecule has 0 fully saturated rings. The first-order valence-electron chi connectivity index (χ1n) is 3.84. The normalized spacial score (nSPS) is 9.08. The Morgan fingerprint density at radius 2 is 2.31 bits per heavy atom. The van der Waals surface area contributed by atoms with Crippen LogP contribution in [0.4, 0.5) is 10.1 Å². The third-order valence-corrected chi connectivity index (χ3v) is 1.36. The number of nitrogens with two attached hydrogens (primary N) is 2. The molecule has 0 aliphatic carbocycles. The van der Waals surface area contributed by atoms with Crippen molar-refractivity contribution in [1.29, 1.82) is 0 Å². The molecule has 0 spiro atoms. The Balaban J connectivity index is 2.85. The van der Waals surface area contributed by atoms with Gasteiger partial charge in [0.15, 0.2) is 0 Å². The van der Waals surface area contributed by atoms with Crippen molar-refractivity contribution in [2.75, 3.05) is 12.3 Å². The predicted octanol–water partition coefficient (Wildman–Crippen LogP) is 0.503. The zero-order valence-electron chi connectivity index (χ0n) is 7.05. The molecular formula is C9H10FN3. The van der Waals surface area contributed by atoms with Crippen LogP contribution >= 0.6 is 0 Å². The van der Waals surface area contributed by atoms with Crippen LogP contribution in [0, 0.1) is 17.7 Å².